The van der Waals surface area contributed by atoms with E-state index in [1.807, 2.05) is 6.26 Å². The normalized spacial score (nSPS) is 19.8. The molecule has 1 atom stereocenters. The molecule has 1 aromatic rings. The molecule has 110 valence electrons. The number of aliphatic hydroxyl groups is 1. The molecule has 0 saturated carbocycles. The highest BCUT2D eigenvalue weighted by atomic mass is 35.5. The van der Waals surface area contributed by atoms with E-state index in [-0.39, 0.29) is 29.3 Å². The van der Waals surface area contributed by atoms with E-state index in [1.54, 1.807) is 4.90 Å². The van der Waals surface area contributed by atoms with Gasteiger partial charge in [-0.2, -0.15) is 0 Å². The number of halogens is 1. The van der Waals surface area contributed by atoms with Gasteiger partial charge in [0.05, 0.1) is 23.9 Å². The SMILES string of the molecule is CSc1ncc(Cl)c(C(=O)N2CCCCCC2CO)n1. The van der Waals surface area contributed by atoms with Crippen LogP contribution in [-0.4, -0.2) is 51.3 Å². The maximum Gasteiger partial charge on any atom is 0.274 e. The number of hydrogen-bond acceptors (Lipinski definition) is 5. The zero-order chi connectivity index (χ0) is 14.5. The summed E-state index contributed by atoms with van der Waals surface area (Å²) in [7, 11) is 0. The number of likely N-dealkylation sites (tertiary alicyclic amines) is 1. The molecular weight excluding hydrogens is 298 g/mol. The van der Waals surface area contributed by atoms with Gasteiger partial charge in [0.25, 0.3) is 5.91 Å². The highest BCUT2D eigenvalue weighted by molar-refractivity contribution is 7.98. The Morgan fingerprint density at radius 3 is 3.05 bits per heavy atom. The Bertz CT molecular complexity index is 487. The third-order valence-corrected chi connectivity index (χ3v) is 4.29. The third-order valence-electron chi connectivity index (χ3n) is 3.46. The minimum atomic E-state index is -0.214. The number of carbonyl (C=O) groups excluding carboxylic acids is 1. The minimum absolute atomic E-state index is 0.0240. The largest absolute Gasteiger partial charge is 0.394 e. The zero-order valence-electron chi connectivity index (χ0n) is 11.4. The lowest BCUT2D eigenvalue weighted by Crippen LogP contribution is -2.42. The second-order valence-electron chi connectivity index (χ2n) is 4.74. The van der Waals surface area contributed by atoms with Crippen LogP contribution in [0.5, 0.6) is 0 Å². The van der Waals surface area contributed by atoms with Crippen molar-refractivity contribution in [1.82, 2.24) is 14.9 Å². The Labute approximate surface area is 127 Å². The van der Waals surface area contributed by atoms with Crippen LogP contribution in [0, 0.1) is 0 Å². The smallest absolute Gasteiger partial charge is 0.274 e. The summed E-state index contributed by atoms with van der Waals surface area (Å²) in [6.45, 7) is 0.614. The van der Waals surface area contributed by atoms with Gasteiger partial charge >= 0.3 is 0 Å². The van der Waals surface area contributed by atoms with E-state index in [0.717, 1.165) is 25.7 Å². The first-order valence-electron chi connectivity index (χ1n) is 6.65. The van der Waals surface area contributed by atoms with Gasteiger partial charge in [0, 0.05) is 6.54 Å². The van der Waals surface area contributed by atoms with Gasteiger partial charge in [-0.3, -0.25) is 4.79 Å². The molecule has 2 heterocycles. The summed E-state index contributed by atoms with van der Waals surface area (Å²) in [6, 6.07) is -0.145. The molecule has 1 unspecified atom stereocenters. The van der Waals surface area contributed by atoms with Gasteiger partial charge in [0.15, 0.2) is 10.9 Å². The van der Waals surface area contributed by atoms with Crippen LogP contribution in [0.4, 0.5) is 0 Å². The molecule has 0 bridgehead atoms. The summed E-state index contributed by atoms with van der Waals surface area (Å²) in [4.78, 5) is 22.6. The molecule has 2 rings (SSSR count). The molecule has 0 spiro atoms. The first-order valence-corrected chi connectivity index (χ1v) is 8.26. The molecule has 1 saturated heterocycles. The van der Waals surface area contributed by atoms with Crippen molar-refractivity contribution in [2.75, 3.05) is 19.4 Å². The number of nitrogens with zero attached hydrogens (tertiary/aromatic N) is 3. The van der Waals surface area contributed by atoms with Gasteiger partial charge in [-0.15, -0.1) is 0 Å². The van der Waals surface area contributed by atoms with E-state index in [1.165, 1.54) is 18.0 Å². The van der Waals surface area contributed by atoms with Crippen LogP contribution < -0.4 is 0 Å². The molecule has 0 aromatic carbocycles. The number of rotatable bonds is 3. The van der Waals surface area contributed by atoms with Crippen LogP contribution in [-0.2, 0) is 0 Å². The van der Waals surface area contributed by atoms with Gasteiger partial charge in [-0.05, 0) is 19.1 Å². The van der Waals surface area contributed by atoms with Crippen molar-refractivity contribution in [3.8, 4) is 0 Å². The molecule has 1 N–H and O–H groups in total. The molecule has 1 fully saturated rings. The van der Waals surface area contributed by atoms with Crippen molar-refractivity contribution in [2.45, 2.75) is 36.9 Å². The van der Waals surface area contributed by atoms with Gasteiger partial charge < -0.3 is 10.0 Å². The van der Waals surface area contributed by atoms with E-state index in [0.29, 0.717) is 11.7 Å². The number of carbonyl (C=O) groups is 1. The average molecular weight is 316 g/mol. The standard InChI is InChI=1S/C13H18ClN3O2S/c1-20-13-15-7-10(14)11(16-13)12(19)17-6-4-2-3-5-9(17)8-18/h7,9,18H,2-6,8H2,1H3. The highest BCUT2D eigenvalue weighted by Gasteiger charge is 2.28. The first kappa shape index (κ1) is 15.5. The Morgan fingerprint density at radius 2 is 2.35 bits per heavy atom. The van der Waals surface area contributed by atoms with E-state index >= 15 is 0 Å². The lowest BCUT2D eigenvalue weighted by atomic mass is 10.1. The molecule has 1 amide bonds. The lowest BCUT2D eigenvalue weighted by molar-refractivity contribution is 0.0593. The molecule has 1 aromatic heterocycles. The van der Waals surface area contributed by atoms with Gasteiger partial charge in [0.1, 0.15) is 0 Å². The van der Waals surface area contributed by atoms with Crippen LogP contribution in [0.25, 0.3) is 0 Å². The summed E-state index contributed by atoms with van der Waals surface area (Å²) in [5.74, 6) is -0.214. The van der Waals surface area contributed by atoms with Crippen molar-refractivity contribution in [3.05, 3.63) is 16.9 Å². The van der Waals surface area contributed by atoms with E-state index in [9.17, 15) is 9.90 Å². The average Bonchev–Trinajstić information content (AvgIpc) is 2.72. The molecule has 1 aliphatic heterocycles. The summed E-state index contributed by atoms with van der Waals surface area (Å²) >= 11 is 7.42. The predicted molar refractivity (Wildman–Crippen MR) is 79.2 cm³/mol. The van der Waals surface area contributed by atoms with Crippen molar-refractivity contribution >= 4 is 29.3 Å². The fourth-order valence-electron chi connectivity index (χ4n) is 2.37. The number of aliphatic hydroxyl groups excluding tert-OH is 1. The molecule has 0 aliphatic carbocycles. The summed E-state index contributed by atoms with van der Waals surface area (Å²) in [5.41, 5.74) is 0.228. The molecule has 20 heavy (non-hydrogen) atoms. The van der Waals surface area contributed by atoms with Gasteiger partial charge in [-0.1, -0.05) is 36.2 Å². The highest BCUT2D eigenvalue weighted by Crippen LogP contribution is 2.22. The molecule has 5 nitrogen and oxygen atoms in total. The molecule has 7 heteroatoms. The number of hydrogen-bond donors (Lipinski definition) is 1. The fraction of sp³-hybridized carbons (Fsp3) is 0.615. The zero-order valence-corrected chi connectivity index (χ0v) is 13.0. The van der Waals surface area contributed by atoms with Crippen LogP contribution in [0.3, 0.4) is 0 Å². The summed E-state index contributed by atoms with van der Waals surface area (Å²) < 4.78 is 0. The maximum atomic E-state index is 12.6. The third kappa shape index (κ3) is 3.42. The Hall–Kier alpha value is -0.850. The Morgan fingerprint density at radius 1 is 1.55 bits per heavy atom. The van der Waals surface area contributed by atoms with Crippen molar-refractivity contribution in [3.63, 3.8) is 0 Å². The van der Waals surface area contributed by atoms with Crippen LogP contribution in [0.2, 0.25) is 5.02 Å². The van der Waals surface area contributed by atoms with Crippen LogP contribution in [0.1, 0.15) is 36.2 Å². The van der Waals surface area contributed by atoms with Gasteiger partial charge in [0.2, 0.25) is 0 Å². The quantitative estimate of drug-likeness (QED) is 0.684. The fourth-order valence-corrected chi connectivity index (χ4v) is 2.88. The summed E-state index contributed by atoms with van der Waals surface area (Å²) in [6.07, 6.45) is 7.18. The van der Waals surface area contributed by atoms with Crippen molar-refractivity contribution in [2.24, 2.45) is 0 Å². The molecule has 0 radical (unpaired) electrons. The number of thioether (sulfide) groups is 1. The van der Waals surface area contributed by atoms with E-state index in [4.69, 9.17) is 11.6 Å². The first-order chi connectivity index (χ1) is 9.67. The topological polar surface area (TPSA) is 66.3 Å². The second-order valence-corrected chi connectivity index (χ2v) is 5.92. The van der Waals surface area contributed by atoms with Crippen molar-refractivity contribution in [1.29, 1.82) is 0 Å². The molecular formula is C13H18ClN3O2S. The minimum Gasteiger partial charge on any atom is -0.394 e. The maximum absolute atomic E-state index is 12.6. The number of amides is 1. The van der Waals surface area contributed by atoms with Gasteiger partial charge in [-0.25, -0.2) is 9.97 Å². The lowest BCUT2D eigenvalue weighted by Gasteiger charge is -2.28. The monoisotopic (exact) mass is 315 g/mol. The van der Waals surface area contributed by atoms with E-state index in [2.05, 4.69) is 9.97 Å². The Balaban J connectivity index is 2.28. The Kier molecular flexibility index (Phi) is 5.63. The van der Waals surface area contributed by atoms with Crippen molar-refractivity contribution < 1.29 is 9.90 Å². The predicted octanol–water partition coefficient (Wildman–Crippen LogP) is 2.23. The van der Waals surface area contributed by atoms with Crippen LogP contribution in [0.15, 0.2) is 11.4 Å². The van der Waals surface area contributed by atoms with Crippen LogP contribution >= 0.6 is 23.4 Å². The summed E-state index contributed by atoms with van der Waals surface area (Å²) in [5, 5.41) is 10.3. The second kappa shape index (κ2) is 7.24. The molecule has 1 aliphatic rings. The van der Waals surface area contributed by atoms with E-state index < -0.39 is 0 Å². The number of aromatic nitrogens is 2.